The maximum atomic E-state index is 9.86. The zero-order valence-electron chi connectivity index (χ0n) is 11.1. The van der Waals surface area contributed by atoms with Crippen molar-refractivity contribution in [2.24, 2.45) is 5.16 Å². The van der Waals surface area contributed by atoms with E-state index in [1.54, 1.807) is 11.8 Å². The van der Waals surface area contributed by atoms with E-state index in [1.165, 1.54) is 0 Å². The molecule has 0 amide bonds. The highest BCUT2D eigenvalue weighted by atomic mass is 32.2. The molecule has 1 aliphatic rings. The van der Waals surface area contributed by atoms with Crippen molar-refractivity contribution in [3.05, 3.63) is 0 Å². The maximum absolute atomic E-state index is 9.86. The van der Waals surface area contributed by atoms with E-state index in [-0.39, 0.29) is 0 Å². The summed E-state index contributed by atoms with van der Waals surface area (Å²) in [4.78, 5) is 0. The normalized spacial score (nSPS) is 35.2. The van der Waals surface area contributed by atoms with Gasteiger partial charge in [-0.2, -0.15) is 11.8 Å². The third kappa shape index (κ3) is 4.76. The van der Waals surface area contributed by atoms with Gasteiger partial charge in [0, 0.05) is 6.42 Å². The van der Waals surface area contributed by atoms with Crippen LogP contribution in [-0.4, -0.2) is 79.1 Å². The summed E-state index contributed by atoms with van der Waals surface area (Å²) in [6.45, 7) is -0.472. The molecule has 0 aromatic rings. The van der Waals surface area contributed by atoms with Crippen molar-refractivity contribution in [1.82, 2.24) is 0 Å². The largest absolute Gasteiger partial charge is 0.410 e. The van der Waals surface area contributed by atoms with Crippen LogP contribution in [0.25, 0.3) is 0 Å². The van der Waals surface area contributed by atoms with E-state index in [4.69, 9.17) is 15.1 Å². The Labute approximate surface area is 126 Å². The number of ether oxygens (including phenoxy) is 1. The lowest BCUT2D eigenvalue weighted by Crippen LogP contribution is -2.57. The molecule has 0 aliphatic carbocycles. The molecule has 0 aromatic heterocycles. The van der Waals surface area contributed by atoms with Crippen LogP contribution < -0.4 is 0 Å². The molecule has 118 valence electrons. The van der Waals surface area contributed by atoms with E-state index < -0.39 is 36.5 Å². The van der Waals surface area contributed by atoms with Gasteiger partial charge in [0.25, 0.3) is 0 Å². The molecule has 7 nitrogen and oxygen atoms in total. The average molecular weight is 327 g/mol. The summed E-state index contributed by atoms with van der Waals surface area (Å²) in [6.07, 6.45) is -1.75. The summed E-state index contributed by atoms with van der Waals surface area (Å²) in [6, 6.07) is 0. The van der Waals surface area contributed by atoms with Gasteiger partial charge in [-0.3, -0.25) is 0 Å². The fraction of sp³-hybridized carbons (Fsp3) is 0.909. The topological polar surface area (TPSA) is 123 Å². The molecule has 1 rings (SSSR count). The minimum absolute atomic E-state index is 0.378. The zero-order valence-corrected chi connectivity index (χ0v) is 12.8. The highest BCUT2D eigenvalue weighted by Gasteiger charge is 2.44. The monoisotopic (exact) mass is 327 g/mol. The first-order valence-corrected chi connectivity index (χ1v) is 8.49. The second kappa shape index (κ2) is 9.08. The van der Waals surface area contributed by atoms with E-state index in [0.29, 0.717) is 11.5 Å². The van der Waals surface area contributed by atoms with E-state index in [0.717, 1.165) is 23.9 Å². The molecule has 1 saturated heterocycles. The van der Waals surface area contributed by atoms with Crippen molar-refractivity contribution in [2.75, 3.05) is 18.6 Å². The summed E-state index contributed by atoms with van der Waals surface area (Å²) in [5.74, 6) is 0.911. The van der Waals surface area contributed by atoms with Crippen LogP contribution in [0.15, 0.2) is 5.16 Å². The number of hydrogen-bond donors (Lipinski definition) is 5. The van der Waals surface area contributed by atoms with Gasteiger partial charge in [-0.25, -0.2) is 0 Å². The van der Waals surface area contributed by atoms with Crippen LogP contribution in [0, 0.1) is 0 Å². The third-order valence-electron chi connectivity index (χ3n) is 2.95. The fourth-order valence-electron chi connectivity index (χ4n) is 1.80. The van der Waals surface area contributed by atoms with Crippen molar-refractivity contribution in [3.63, 3.8) is 0 Å². The summed E-state index contributed by atoms with van der Waals surface area (Å²) in [7, 11) is 0. The second-order valence-corrected chi connectivity index (χ2v) is 6.56. The summed E-state index contributed by atoms with van der Waals surface area (Å²) in [5.41, 5.74) is -0.897. The van der Waals surface area contributed by atoms with Crippen molar-refractivity contribution >= 4 is 28.6 Å². The van der Waals surface area contributed by atoms with Gasteiger partial charge in [-0.15, -0.1) is 0 Å². The molecule has 5 atom stereocenters. The van der Waals surface area contributed by atoms with Crippen molar-refractivity contribution in [3.8, 4) is 0 Å². The van der Waals surface area contributed by atoms with Crippen molar-refractivity contribution < 1.29 is 30.4 Å². The van der Waals surface area contributed by atoms with Gasteiger partial charge in [0.05, 0.1) is 6.61 Å². The molecule has 0 radical (unpaired) electrons. The molecule has 1 heterocycles. The van der Waals surface area contributed by atoms with Crippen LogP contribution in [0.5, 0.6) is 0 Å². The van der Waals surface area contributed by atoms with Gasteiger partial charge < -0.3 is 30.4 Å². The second-order valence-electron chi connectivity index (χ2n) is 4.41. The Bertz CT molecular complexity index is 317. The predicted octanol–water partition coefficient (Wildman–Crippen LogP) is -0.550. The summed E-state index contributed by atoms with van der Waals surface area (Å²) >= 11 is 2.66. The Hall–Kier alpha value is -0.0300. The Morgan fingerprint density at radius 3 is 2.45 bits per heavy atom. The smallest absolute Gasteiger partial charge is 0.138 e. The molecule has 1 fully saturated rings. The molecule has 0 bridgehead atoms. The first kappa shape index (κ1) is 18.0. The molecular formula is C11H21NO6S2. The van der Waals surface area contributed by atoms with Crippen LogP contribution in [0.4, 0.5) is 0 Å². The Kier molecular flexibility index (Phi) is 8.18. The number of nitrogens with zero attached hydrogens (tertiary/aromatic N) is 1. The van der Waals surface area contributed by atoms with Crippen LogP contribution in [0.2, 0.25) is 0 Å². The minimum atomic E-state index is -1.41. The number of oxime groups is 1. The third-order valence-corrected chi connectivity index (χ3v) is 4.83. The molecule has 20 heavy (non-hydrogen) atoms. The predicted molar refractivity (Wildman–Crippen MR) is 78.2 cm³/mol. The quantitative estimate of drug-likeness (QED) is 0.145. The molecule has 0 aromatic carbocycles. The van der Waals surface area contributed by atoms with E-state index in [2.05, 4.69) is 5.16 Å². The van der Waals surface area contributed by atoms with Crippen molar-refractivity contribution in [1.29, 1.82) is 0 Å². The number of thioether (sulfide) groups is 2. The van der Waals surface area contributed by atoms with Crippen LogP contribution >= 0.6 is 23.5 Å². The highest BCUT2D eigenvalue weighted by Crippen LogP contribution is 2.30. The number of rotatable bonds is 6. The minimum Gasteiger partial charge on any atom is -0.410 e. The van der Waals surface area contributed by atoms with Gasteiger partial charge in [0.2, 0.25) is 0 Å². The van der Waals surface area contributed by atoms with Crippen molar-refractivity contribution in [2.45, 2.75) is 42.7 Å². The lowest BCUT2D eigenvalue weighted by molar-refractivity contribution is -0.205. The molecule has 1 aliphatic heterocycles. The fourth-order valence-corrected chi connectivity index (χ4v) is 3.31. The molecule has 0 spiro atoms. The number of aliphatic hydroxyl groups excluding tert-OH is 4. The average Bonchev–Trinajstić information content (AvgIpc) is 2.46. The molecular weight excluding hydrogens is 306 g/mol. The molecule has 5 N–H and O–H groups in total. The van der Waals surface area contributed by atoms with Gasteiger partial charge in [-0.1, -0.05) is 16.9 Å². The lowest BCUT2D eigenvalue weighted by Gasteiger charge is -2.39. The summed E-state index contributed by atoms with van der Waals surface area (Å²) < 4.78 is 5.32. The Morgan fingerprint density at radius 1 is 1.20 bits per heavy atom. The van der Waals surface area contributed by atoms with Gasteiger partial charge in [0.15, 0.2) is 0 Å². The highest BCUT2D eigenvalue weighted by molar-refractivity contribution is 8.14. The van der Waals surface area contributed by atoms with Crippen LogP contribution in [0.1, 0.15) is 12.8 Å². The van der Waals surface area contributed by atoms with Gasteiger partial charge in [-0.05, 0) is 18.4 Å². The van der Waals surface area contributed by atoms with Gasteiger partial charge in [0.1, 0.15) is 34.9 Å². The van der Waals surface area contributed by atoms with Crippen LogP contribution in [-0.2, 0) is 4.74 Å². The Morgan fingerprint density at radius 2 is 1.90 bits per heavy atom. The number of hydrogen-bond acceptors (Lipinski definition) is 9. The van der Waals surface area contributed by atoms with E-state index >= 15 is 0 Å². The molecule has 9 heteroatoms. The standard InChI is InChI=1S/C11H21NO6S2/c1-19-4-2-3-7(12-17)20-11-10(16)9(15)8(14)6(5-13)18-11/h6,8-11,13-17H,2-5H2,1H3/b12-7-/t6-,8-,9+,10-,11+/m1/s1. The maximum Gasteiger partial charge on any atom is 0.138 e. The molecule has 0 saturated carbocycles. The Balaban J connectivity index is 2.60. The SMILES string of the molecule is CSCCC/C(=N/O)S[C@@H]1O[C@H](CO)[C@@H](O)[C@H](O)[C@H]1O. The lowest BCUT2D eigenvalue weighted by atomic mass is 10.0. The van der Waals surface area contributed by atoms with E-state index in [1.807, 2.05) is 6.26 Å². The van der Waals surface area contributed by atoms with Gasteiger partial charge >= 0.3 is 0 Å². The number of aliphatic hydroxyl groups is 4. The zero-order chi connectivity index (χ0) is 15.1. The molecule has 0 unspecified atom stereocenters. The van der Waals surface area contributed by atoms with E-state index in [9.17, 15) is 15.3 Å². The first-order valence-electron chi connectivity index (χ1n) is 6.22. The van der Waals surface area contributed by atoms with Crippen LogP contribution in [0.3, 0.4) is 0 Å². The first-order chi connectivity index (χ1) is 9.54. The summed E-state index contributed by atoms with van der Waals surface area (Å²) in [5, 5.41) is 50.7.